The Bertz CT molecular complexity index is 331. The SMILES string of the molecule is COOCc1ccc(C(C)=O)c(C)c1. The van der Waals surface area contributed by atoms with Gasteiger partial charge in [0.05, 0.1) is 7.11 Å². The first-order valence-electron chi connectivity index (χ1n) is 4.41. The van der Waals surface area contributed by atoms with Crippen LogP contribution in [-0.4, -0.2) is 12.9 Å². The van der Waals surface area contributed by atoms with E-state index in [0.29, 0.717) is 6.61 Å². The minimum atomic E-state index is 0.0849. The number of hydrogen-bond donors (Lipinski definition) is 0. The maximum atomic E-state index is 11.1. The zero-order valence-corrected chi connectivity index (χ0v) is 8.66. The second kappa shape index (κ2) is 4.88. The molecule has 0 radical (unpaired) electrons. The molecule has 0 saturated heterocycles. The van der Waals surface area contributed by atoms with Crippen molar-refractivity contribution in [1.82, 2.24) is 0 Å². The fraction of sp³-hybridized carbons (Fsp3) is 0.364. The van der Waals surface area contributed by atoms with E-state index in [1.54, 1.807) is 6.92 Å². The first kappa shape index (κ1) is 10.9. The molecule has 0 aliphatic heterocycles. The van der Waals surface area contributed by atoms with Crippen LogP contribution in [0.15, 0.2) is 18.2 Å². The van der Waals surface area contributed by atoms with Gasteiger partial charge in [-0.05, 0) is 25.0 Å². The Kier molecular flexibility index (Phi) is 3.80. The molecule has 0 aromatic heterocycles. The maximum absolute atomic E-state index is 11.1. The van der Waals surface area contributed by atoms with Crippen LogP contribution in [0.3, 0.4) is 0 Å². The van der Waals surface area contributed by atoms with E-state index in [1.807, 2.05) is 25.1 Å². The fourth-order valence-corrected chi connectivity index (χ4v) is 1.34. The van der Waals surface area contributed by atoms with Crippen molar-refractivity contribution < 1.29 is 14.6 Å². The smallest absolute Gasteiger partial charge is 0.160 e. The third-order valence-electron chi connectivity index (χ3n) is 2.01. The van der Waals surface area contributed by atoms with Gasteiger partial charge >= 0.3 is 0 Å². The lowest BCUT2D eigenvalue weighted by Gasteiger charge is -2.05. The Balaban J connectivity index is 2.83. The van der Waals surface area contributed by atoms with Crippen molar-refractivity contribution in [3.05, 3.63) is 34.9 Å². The van der Waals surface area contributed by atoms with Gasteiger partial charge in [-0.2, -0.15) is 0 Å². The number of hydrogen-bond acceptors (Lipinski definition) is 3. The molecule has 0 aliphatic carbocycles. The normalized spacial score (nSPS) is 10.2. The van der Waals surface area contributed by atoms with Crippen molar-refractivity contribution in [2.24, 2.45) is 0 Å². The van der Waals surface area contributed by atoms with Crippen molar-refractivity contribution in [3.8, 4) is 0 Å². The van der Waals surface area contributed by atoms with Crippen LogP contribution in [0.5, 0.6) is 0 Å². The van der Waals surface area contributed by atoms with Gasteiger partial charge in [0, 0.05) is 5.56 Å². The predicted octanol–water partition coefficient (Wildman–Crippen LogP) is 2.28. The summed E-state index contributed by atoms with van der Waals surface area (Å²) >= 11 is 0. The maximum Gasteiger partial charge on any atom is 0.160 e. The summed E-state index contributed by atoms with van der Waals surface area (Å²) in [7, 11) is 1.47. The Hall–Kier alpha value is -1.19. The number of aryl methyl sites for hydroxylation is 1. The first-order chi connectivity index (χ1) is 6.65. The molecule has 0 bridgehead atoms. The Morgan fingerprint density at radius 3 is 2.64 bits per heavy atom. The van der Waals surface area contributed by atoms with Gasteiger partial charge in [0.25, 0.3) is 0 Å². The van der Waals surface area contributed by atoms with Crippen molar-refractivity contribution in [1.29, 1.82) is 0 Å². The van der Waals surface area contributed by atoms with Crippen LogP contribution >= 0.6 is 0 Å². The summed E-state index contributed by atoms with van der Waals surface area (Å²) in [6, 6.07) is 5.60. The molecule has 3 nitrogen and oxygen atoms in total. The lowest BCUT2D eigenvalue weighted by molar-refractivity contribution is -0.282. The fourth-order valence-electron chi connectivity index (χ4n) is 1.34. The summed E-state index contributed by atoms with van der Waals surface area (Å²) < 4.78 is 0. The topological polar surface area (TPSA) is 35.5 Å². The Labute approximate surface area is 83.6 Å². The lowest BCUT2D eigenvalue weighted by Crippen LogP contribution is -1.98. The first-order valence-corrected chi connectivity index (χ1v) is 4.41. The molecule has 1 aromatic carbocycles. The van der Waals surface area contributed by atoms with E-state index >= 15 is 0 Å². The van der Waals surface area contributed by atoms with Crippen molar-refractivity contribution >= 4 is 5.78 Å². The molecule has 1 rings (SSSR count). The van der Waals surface area contributed by atoms with E-state index in [2.05, 4.69) is 4.89 Å². The minimum Gasteiger partial charge on any atom is -0.295 e. The van der Waals surface area contributed by atoms with Gasteiger partial charge in [-0.3, -0.25) is 4.79 Å². The Morgan fingerprint density at radius 1 is 1.43 bits per heavy atom. The highest BCUT2D eigenvalue weighted by Gasteiger charge is 2.04. The molecule has 3 heteroatoms. The quantitative estimate of drug-likeness (QED) is 0.419. The van der Waals surface area contributed by atoms with Crippen molar-refractivity contribution in [2.45, 2.75) is 20.5 Å². The van der Waals surface area contributed by atoms with E-state index in [1.165, 1.54) is 7.11 Å². The molecule has 0 unspecified atom stereocenters. The summed E-state index contributed by atoms with van der Waals surface area (Å²) in [5, 5.41) is 0. The number of rotatable bonds is 4. The molecule has 0 atom stereocenters. The molecule has 76 valence electrons. The van der Waals surface area contributed by atoms with Gasteiger partial charge in [-0.15, -0.1) is 0 Å². The van der Waals surface area contributed by atoms with E-state index in [9.17, 15) is 4.79 Å². The highest BCUT2D eigenvalue weighted by Crippen LogP contribution is 2.12. The summed E-state index contributed by atoms with van der Waals surface area (Å²) in [6.07, 6.45) is 0. The standard InChI is InChI=1S/C11H14O3/c1-8-6-10(7-14-13-3)4-5-11(8)9(2)12/h4-6H,7H2,1-3H3. The van der Waals surface area contributed by atoms with E-state index in [-0.39, 0.29) is 5.78 Å². The number of carbonyl (C=O) groups excluding carboxylic acids is 1. The molecular weight excluding hydrogens is 180 g/mol. The summed E-state index contributed by atoms with van der Waals surface area (Å²) in [5.74, 6) is 0.0849. The van der Waals surface area contributed by atoms with Crippen molar-refractivity contribution in [3.63, 3.8) is 0 Å². The molecule has 14 heavy (non-hydrogen) atoms. The van der Waals surface area contributed by atoms with Crippen molar-refractivity contribution in [2.75, 3.05) is 7.11 Å². The van der Waals surface area contributed by atoms with Gasteiger partial charge in [0.2, 0.25) is 0 Å². The largest absolute Gasteiger partial charge is 0.295 e. The molecule has 0 fully saturated rings. The third-order valence-corrected chi connectivity index (χ3v) is 2.01. The molecular formula is C11H14O3. The minimum absolute atomic E-state index is 0.0849. The van der Waals surface area contributed by atoms with Gasteiger partial charge in [-0.1, -0.05) is 18.2 Å². The second-order valence-corrected chi connectivity index (χ2v) is 3.13. The van der Waals surface area contributed by atoms with Crippen LogP contribution in [0.4, 0.5) is 0 Å². The monoisotopic (exact) mass is 194 g/mol. The molecule has 1 aromatic rings. The van der Waals surface area contributed by atoms with Crippen LogP contribution in [0.1, 0.15) is 28.4 Å². The van der Waals surface area contributed by atoms with E-state index in [0.717, 1.165) is 16.7 Å². The van der Waals surface area contributed by atoms with E-state index < -0.39 is 0 Å². The predicted molar refractivity (Wildman–Crippen MR) is 53.0 cm³/mol. The van der Waals surface area contributed by atoms with Gasteiger partial charge in [-0.25, -0.2) is 9.78 Å². The lowest BCUT2D eigenvalue weighted by atomic mass is 10.0. The highest BCUT2D eigenvalue weighted by molar-refractivity contribution is 5.95. The summed E-state index contributed by atoms with van der Waals surface area (Å²) in [6.45, 7) is 3.87. The zero-order chi connectivity index (χ0) is 10.6. The molecule has 0 spiro atoms. The van der Waals surface area contributed by atoms with Crippen LogP contribution in [-0.2, 0) is 16.4 Å². The van der Waals surface area contributed by atoms with Gasteiger partial charge < -0.3 is 0 Å². The van der Waals surface area contributed by atoms with Gasteiger partial charge in [0.15, 0.2) is 5.78 Å². The number of ketones is 1. The number of Topliss-reactive ketones (excluding diaryl/α,β-unsaturated/α-hetero) is 1. The average Bonchev–Trinajstić information content (AvgIpc) is 2.14. The summed E-state index contributed by atoms with van der Waals surface area (Å²) in [4.78, 5) is 20.4. The van der Waals surface area contributed by atoms with Crippen LogP contribution < -0.4 is 0 Å². The average molecular weight is 194 g/mol. The van der Waals surface area contributed by atoms with Crippen LogP contribution in [0, 0.1) is 6.92 Å². The van der Waals surface area contributed by atoms with Crippen LogP contribution in [0.25, 0.3) is 0 Å². The van der Waals surface area contributed by atoms with Gasteiger partial charge in [0.1, 0.15) is 6.61 Å². The Morgan fingerprint density at radius 2 is 2.14 bits per heavy atom. The number of benzene rings is 1. The zero-order valence-electron chi connectivity index (χ0n) is 8.66. The van der Waals surface area contributed by atoms with E-state index in [4.69, 9.17) is 4.89 Å². The third kappa shape index (κ3) is 2.65. The van der Waals surface area contributed by atoms with Crippen LogP contribution in [0.2, 0.25) is 0 Å². The summed E-state index contributed by atoms with van der Waals surface area (Å²) in [5.41, 5.74) is 2.72. The highest BCUT2D eigenvalue weighted by atomic mass is 17.2. The molecule has 0 saturated carbocycles. The molecule has 0 heterocycles. The molecule has 0 N–H and O–H groups in total. The molecule has 0 aliphatic rings. The molecule has 0 amide bonds. The number of carbonyl (C=O) groups is 1. The second-order valence-electron chi connectivity index (χ2n) is 3.13.